The Bertz CT molecular complexity index is 1290. The minimum absolute atomic E-state index is 0.0299. The Morgan fingerprint density at radius 2 is 1.47 bits per heavy atom. The van der Waals surface area contributed by atoms with Crippen molar-refractivity contribution in [3.05, 3.63) is 53.1 Å². The van der Waals surface area contributed by atoms with E-state index in [-0.39, 0.29) is 33.5 Å². The first-order valence-electron chi connectivity index (χ1n) is 11.6. The third kappa shape index (κ3) is 6.01. The molecular weight excluding hydrogens is 530 g/mol. The first-order valence-corrected chi connectivity index (χ1v) is 14.8. The monoisotopic (exact) mass is 557 g/mol. The summed E-state index contributed by atoms with van der Waals surface area (Å²) in [5.74, 6) is -0.0732. The molecule has 2 aliphatic rings. The molecule has 0 saturated carbocycles. The molecule has 0 aliphatic carbocycles. The maximum absolute atomic E-state index is 12.8. The smallest absolute Gasteiger partial charge is 0.252 e. The Hall–Kier alpha value is -2.22. The fourth-order valence-electron chi connectivity index (χ4n) is 3.99. The van der Waals surface area contributed by atoms with Gasteiger partial charge in [-0.3, -0.25) is 4.79 Å². The van der Waals surface area contributed by atoms with Gasteiger partial charge < -0.3 is 14.8 Å². The van der Waals surface area contributed by atoms with Crippen molar-refractivity contribution in [2.45, 2.75) is 22.6 Å². The normalized spacial score (nSPS) is 17.7. The average Bonchev–Trinajstić information content (AvgIpc) is 3.44. The van der Waals surface area contributed by atoms with Gasteiger partial charge in [0, 0.05) is 26.2 Å². The summed E-state index contributed by atoms with van der Waals surface area (Å²) < 4.78 is 64.6. The van der Waals surface area contributed by atoms with Crippen LogP contribution < -0.4 is 10.1 Å². The van der Waals surface area contributed by atoms with Crippen LogP contribution in [0.25, 0.3) is 0 Å². The number of nitrogens with zero attached hydrogens (tertiary/aromatic N) is 2. The van der Waals surface area contributed by atoms with E-state index in [9.17, 15) is 21.6 Å². The molecule has 36 heavy (non-hydrogen) atoms. The maximum atomic E-state index is 12.8. The van der Waals surface area contributed by atoms with Gasteiger partial charge in [-0.2, -0.15) is 8.61 Å². The van der Waals surface area contributed by atoms with Gasteiger partial charge in [-0.05, 0) is 55.3 Å². The number of halogens is 1. The number of hydrogen-bond donors (Lipinski definition) is 1. The van der Waals surface area contributed by atoms with Crippen molar-refractivity contribution in [3.63, 3.8) is 0 Å². The van der Waals surface area contributed by atoms with Crippen molar-refractivity contribution in [2.24, 2.45) is 0 Å². The number of benzene rings is 2. The van der Waals surface area contributed by atoms with Crippen molar-refractivity contribution < 1.29 is 31.1 Å². The summed E-state index contributed by atoms with van der Waals surface area (Å²) in [5, 5.41) is 2.81. The molecule has 2 aromatic rings. The van der Waals surface area contributed by atoms with Crippen LogP contribution in [0.4, 0.5) is 0 Å². The van der Waals surface area contributed by atoms with E-state index < -0.39 is 26.0 Å². The SMILES string of the molecule is O=C(NCCOc1ccc(S(=O)(=O)N2CCOCC2)cc1)c1cc(S(=O)(=O)N2CCCC2)ccc1Cl. The second kappa shape index (κ2) is 11.4. The highest BCUT2D eigenvalue weighted by Crippen LogP contribution is 2.25. The molecule has 1 amide bonds. The van der Waals surface area contributed by atoms with Crippen LogP contribution in [0, 0.1) is 0 Å². The van der Waals surface area contributed by atoms with Gasteiger partial charge in [-0.15, -0.1) is 0 Å². The highest BCUT2D eigenvalue weighted by atomic mass is 35.5. The van der Waals surface area contributed by atoms with Crippen LogP contribution in [0.5, 0.6) is 5.75 Å². The lowest BCUT2D eigenvalue weighted by Crippen LogP contribution is -2.40. The summed E-state index contributed by atoms with van der Waals surface area (Å²) in [6, 6.07) is 10.2. The Labute approximate surface area is 216 Å². The van der Waals surface area contributed by atoms with Crippen LogP contribution in [0.15, 0.2) is 52.3 Å². The average molecular weight is 558 g/mol. The topological polar surface area (TPSA) is 122 Å². The number of sulfonamides is 2. The molecule has 2 fully saturated rings. The first kappa shape index (κ1) is 26.8. The van der Waals surface area contributed by atoms with Gasteiger partial charge in [0.15, 0.2) is 0 Å². The van der Waals surface area contributed by atoms with Crippen LogP contribution in [0.1, 0.15) is 23.2 Å². The maximum Gasteiger partial charge on any atom is 0.252 e. The standard InChI is InChI=1S/C23H28ClN3O7S2/c24-22-8-7-20(36(31,32)26-10-1-2-11-26)17-21(22)23(28)25-9-14-34-18-3-5-19(6-4-18)35(29,30)27-12-15-33-16-13-27/h3-8,17H,1-2,9-16H2,(H,25,28). The highest BCUT2D eigenvalue weighted by Gasteiger charge is 2.28. The van der Waals surface area contributed by atoms with Gasteiger partial charge in [0.2, 0.25) is 20.0 Å². The van der Waals surface area contributed by atoms with Crippen LogP contribution >= 0.6 is 11.6 Å². The first-order chi connectivity index (χ1) is 17.2. The molecule has 13 heteroatoms. The van der Waals surface area contributed by atoms with Gasteiger partial charge in [-0.25, -0.2) is 16.8 Å². The van der Waals surface area contributed by atoms with Gasteiger partial charge >= 0.3 is 0 Å². The minimum atomic E-state index is -3.68. The van der Waals surface area contributed by atoms with Crippen molar-refractivity contribution >= 4 is 37.6 Å². The van der Waals surface area contributed by atoms with Crippen molar-refractivity contribution in [2.75, 3.05) is 52.5 Å². The van der Waals surface area contributed by atoms with Crippen LogP contribution in [0.2, 0.25) is 5.02 Å². The zero-order valence-electron chi connectivity index (χ0n) is 19.6. The number of morpholine rings is 1. The van der Waals surface area contributed by atoms with Crippen LogP contribution in [-0.4, -0.2) is 83.9 Å². The van der Waals surface area contributed by atoms with E-state index in [4.69, 9.17) is 21.1 Å². The molecule has 4 rings (SSSR count). The Morgan fingerprint density at radius 3 is 2.14 bits per heavy atom. The van der Waals surface area contributed by atoms with E-state index in [1.807, 2.05) is 0 Å². The highest BCUT2D eigenvalue weighted by molar-refractivity contribution is 7.89. The van der Waals surface area contributed by atoms with E-state index in [2.05, 4.69) is 5.32 Å². The molecule has 1 N–H and O–H groups in total. The molecule has 10 nitrogen and oxygen atoms in total. The molecule has 0 unspecified atom stereocenters. The molecule has 196 valence electrons. The third-order valence-corrected chi connectivity index (χ3v) is 10.1. The predicted octanol–water partition coefficient (Wildman–Crippen LogP) is 1.95. The molecule has 2 aromatic carbocycles. The number of hydrogen-bond acceptors (Lipinski definition) is 7. The van der Waals surface area contributed by atoms with E-state index in [0.29, 0.717) is 45.1 Å². The van der Waals surface area contributed by atoms with Crippen molar-refractivity contribution in [3.8, 4) is 5.75 Å². The number of ether oxygens (including phenoxy) is 2. The number of nitrogens with one attached hydrogen (secondary N) is 1. The summed E-state index contributed by atoms with van der Waals surface area (Å²) in [4.78, 5) is 12.8. The van der Waals surface area contributed by atoms with E-state index in [1.165, 1.54) is 38.9 Å². The predicted molar refractivity (Wildman–Crippen MR) is 133 cm³/mol. The summed E-state index contributed by atoms with van der Waals surface area (Å²) in [6.07, 6.45) is 1.62. The molecule has 0 bridgehead atoms. The minimum Gasteiger partial charge on any atom is -0.492 e. The molecule has 0 atom stereocenters. The molecule has 2 saturated heterocycles. The third-order valence-electron chi connectivity index (χ3n) is 5.97. The largest absolute Gasteiger partial charge is 0.492 e. The van der Waals surface area contributed by atoms with Crippen LogP contribution in [0.3, 0.4) is 0 Å². The molecule has 2 heterocycles. The molecule has 0 radical (unpaired) electrons. The zero-order valence-corrected chi connectivity index (χ0v) is 21.9. The van der Waals surface area contributed by atoms with Gasteiger partial charge in [0.05, 0.1) is 40.1 Å². The lowest BCUT2D eigenvalue weighted by atomic mass is 10.2. The van der Waals surface area contributed by atoms with Crippen LogP contribution in [-0.2, 0) is 24.8 Å². The number of carbonyl (C=O) groups is 1. The Balaban J connectivity index is 1.31. The number of amides is 1. The second-order valence-electron chi connectivity index (χ2n) is 8.35. The molecule has 0 spiro atoms. The summed E-state index contributed by atoms with van der Waals surface area (Å²) in [7, 11) is -7.26. The van der Waals surface area contributed by atoms with E-state index in [0.717, 1.165) is 12.8 Å². The summed E-state index contributed by atoms with van der Waals surface area (Å²) in [5.41, 5.74) is 0.0645. The molecular formula is C23H28ClN3O7S2. The Kier molecular flexibility index (Phi) is 8.53. The van der Waals surface area contributed by atoms with E-state index in [1.54, 1.807) is 12.1 Å². The van der Waals surface area contributed by atoms with Crippen molar-refractivity contribution in [1.29, 1.82) is 0 Å². The number of rotatable bonds is 9. The lowest BCUT2D eigenvalue weighted by Gasteiger charge is -2.26. The fourth-order valence-corrected chi connectivity index (χ4v) is 7.14. The van der Waals surface area contributed by atoms with Crippen molar-refractivity contribution in [1.82, 2.24) is 13.9 Å². The Morgan fingerprint density at radius 1 is 0.889 bits per heavy atom. The lowest BCUT2D eigenvalue weighted by molar-refractivity contribution is 0.0730. The summed E-state index contributed by atoms with van der Waals surface area (Å²) >= 11 is 6.16. The molecule has 0 aromatic heterocycles. The van der Waals surface area contributed by atoms with Gasteiger partial charge in [0.1, 0.15) is 12.4 Å². The molecule has 2 aliphatic heterocycles. The zero-order chi connectivity index (χ0) is 25.8. The second-order valence-corrected chi connectivity index (χ2v) is 12.6. The fraction of sp³-hybridized carbons (Fsp3) is 0.435. The van der Waals surface area contributed by atoms with Gasteiger partial charge in [0.25, 0.3) is 5.91 Å². The van der Waals surface area contributed by atoms with E-state index >= 15 is 0 Å². The van der Waals surface area contributed by atoms with Gasteiger partial charge in [-0.1, -0.05) is 11.6 Å². The number of carbonyl (C=O) groups excluding carboxylic acids is 1. The summed E-state index contributed by atoms with van der Waals surface area (Å²) in [6.45, 7) is 2.55. The quantitative estimate of drug-likeness (QED) is 0.468.